The largest absolute Gasteiger partial charge is 0.312 e. The molecule has 2 aliphatic heterocycles. The first-order chi connectivity index (χ1) is 11.4. The SMILES string of the molecule is CCN1CCCC1c1nc2cccnc2n1CC1CCCCN1. The van der Waals surface area contributed by atoms with E-state index in [9.17, 15) is 0 Å². The van der Waals surface area contributed by atoms with Gasteiger partial charge in [0.05, 0.1) is 6.04 Å². The molecule has 0 saturated carbocycles. The molecule has 0 bridgehead atoms. The van der Waals surface area contributed by atoms with Crippen LogP contribution in [0.5, 0.6) is 0 Å². The summed E-state index contributed by atoms with van der Waals surface area (Å²) in [5.41, 5.74) is 2.10. The van der Waals surface area contributed by atoms with E-state index in [2.05, 4.69) is 32.8 Å². The zero-order valence-electron chi connectivity index (χ0n) is 14.0. The number of aromatic nitrogens is 3. The van der Waals surface area contributed by atoms with Crippen LogP contribution in [-0.4, -0.2) is 45.1 Å². The fourth-order valence-corrected chi connectivity index (χ4v) is 4.21. The Kier molecular flexibility index (Phi) is 4.31. The van der Waals surface area contributed by atoms with Crippen molar-refractivity contribution < 1.29 is 0 Å². The third kappa shape index (κ3) is 2.88. The van der Waals surface area contributed by atoms with Crippen molar-refractivity contribution in [2.45, 2.75) is 57.7 Å². The first-order valence-corrected chi connectivity index (χ1v) is 9.15. The van der Waals surface area contributed by atoms with Gasteiger partial charge in [0.25, 0.3) is 0 Å². The summed E-state index contributed by atoms with van der Waals surface area (Å²) in [4.78, 5) is 12.2. The number of nitrogens with zero attached hydrogens (tertiary/aromatic N) is 4. The number of fused-ring (bicyclic) bond motifs is 1. The Hall–Kier alpha value is -1.46. The molecule has 4 rings (SSSR count). The fraction of sp³-hybridized carbons (Fsp3) is 0.667. The molecule has 124 valence electrons. The van der Waals surface area contributed by atoms with Crippen LogP contribution in [0, 0.1) is 0 Å². The van der Waals surface area contributed by atoms with Crippen molar-refractivity contribution in [2.24, 2.45) is 0 Å². The van der Waals surface area contributed by atoms with E-state index in [0.717, 1.165) is 30.8 Å². The van der Waals surface area contributed by atoms with Gasteiger partial charge in [0.1, 0.15) is 11.3 Å². The Labute approximate surface area is 138 Å². The average Bonchev–Trinajstić information content (AvgIpc) is 3.20. The predicted molar refractivity (Wildman–Crippen MR) is 92.4 cm³/mol. The van der Waals surface area contributed by atoms with Crippen LogP contribution in [-0.2, 0) is 6.54 Å². The zero-order valence-corrected chi connectivity index (χ0v) is 14.0. The van der Waals surface area contributed by atoms with Crippen molar-refractivity contribution in [3.63, 3.8) is 0 Å². The second-order valence-corrected chi connectivity index (χ2v) is 6.86. The van der Waals surface area contributed by atoms with Gasteiger partial charge in [-0.25, -0.2) is 9.97 Å². The summed E-state index contributed by atoms with van der Waals surface area (Å²) in [6, 6.07) is 5.10. The Morgan fingerprint density at radius 3 is 3.04 bits per heavy atom. The van der Waals surface area contributed by atoms with E-state index in [1.54, 1.807) is 0 Å². The molecule has 2 aliphatic rings. The van der Waals surface area contributed by atoms with Gasteiger partial charge < -0.3 is 9.88 Å². The Bertz CT molecular complexity index is 658. The van der Waals surface area contributed by atoms with E-state index >= 15 is 0 Å². The van der Waals surface area contributed by atoms with Crippen LogP contribution in [0.25, 0.3) is 11.2 Å². The fourth-order valence-electron chi connectivity index (χ4n) is 4.21. The van der Waals surface area contributed by atoms with Crippen LogP contribution < -0.4 is 5.32 Å². The average molecular weight is 313 g/mol. The van der Waals surface area contributed by atoms with Gasteiger partial charge in [-0.1, -0.05) is 13.3 Å². The van der Waals surface area contributed by atoms with Gasteiger partial charge in [0.15, 0.2) is 5.65 Å². The molecule has 23 heavy (non-hydrogen) atoms. The molecular weight excluding hydrogens is 286 g/mol. The number of imidazole rings is 1. The third-order valence-electron chi connectivity index (χ3n) is 5.42. The lowest BCUT2D eigenvalue weighted by atomic mass is 10.0. The minimum absolute atomic E-state index is 0.456. The van der Waals surface area contributed by atoms with Crippen LogP contribution in [0.3, 0.4) is 0 Å². The Balaban J connectivity index is 1.71. The van der Waals surface area contributed by atoms with E-state index in [0.29, 0.717) is 12.1 Å². The summed E-state index contributed by atoms with van der Waals surface area (Å²) in [7, 11) is 0. The maximum atomic E-state index is 4.99. The molecule has 0 aliphatic carbocycles. The highest BCUT2D eigenvalue weighted by molar-refractivity contribution is 5.71. The van der Waals surface area contributed by atoms with Crippen LogP contribution in [0.2, 0.25) is 0 Å². The van der Waals surface area contributed by atoms with E-state index in [1.165, 1.54) is 44.5 Å². The second kappa shape index (κ2) is 6.57. The van der Waals surface area contributed by atoms with E-state index in [4.69, 9.17) is 4.98 Å². The topological polar surface area (TPSA) is 46.0 Å². The standard InChI is InChI=1S/C18H27N5/c1-2-22-12-6-9-16(22)18-21-15-8-5-11-20-17(15)23(18)13-14-7-3-4-10-19-14/h5,8,11,14,16,19H,2-4,6-7,9-10,12-13H2,1H3. The number of likely N-dealkylation sites (tertiary alicyclic amines) is 1. The van der Waals surface area contributed by atoms with Crippen LogP contribution in [0.15, 0.2) is 18.3 Å². The summed E-state index contributed by atoms with van der Waals surface area (Å²) in [6.07, 6.45) is 8.28. The minimum atomic E-state index is 0.456. The summed E-state index contributed by atoms with van der Waals surface area (Å²) in [5, 5.41) is 3.68. The summed E-state index contributed by atoms with van der Waals surface area (Å²) < 4.78 is 2.40. The predicted octanol–water partition coefficient (Wildman–Crippen LogP) is 2.73. The lowest BCUT2D eigenvalue weighted by Crippen LogP contribution is -2.38. The van der Waals surface area contributed by atoms with Crippen LogP contribution >= 0.6 is 0 Å². The molecule has 2 unspecified atom stereocenters. The van der Waals surface area contributed by atoms with Crippen LogP contribution in [0.4, 0.5) is 0 Å². The maximum Gasteiger partial charge on any atom is 0.160 e. The van der Waals surface area contributed by atoms with Gasteiger partial charge >= 0.3 is 0 Å². The van der Waals surface area contributed by atoms with Gasteiger partial charge in [-0.2, -0.15) is 0 Å². The summed E-state index contributed by atoms with van der Waals surface area (Å²) in [6.45, 7) is 6.69. The smallest absolute Gasteiger partial charge is 0.160 e. The van der Waals surface area contributed by atoms with Crippen LogP contribution in [0.1, 0.15) is 50.9 Å². The normalized spacial score (nSPS) is 26.1. The molecule has 2 fully saturated rings. The molecule has 2 aromatic heterocycles. The Morgan fingerprint density at radius 2 is 2.22 bits per heavy atom. The number of hydrogen-bond donors (Lipinski definition) is 1. The molecule has 2 aromatic rings. The molecule has 1 N–H and O–H groups in total. The molecule has 5 nitrogen and oxygen atoms in total. The van der Waals surface area contributed by atoms with Gasteiger partial charge in [-0.05, 0) is 57.5 Å². The number of rotatable bonds is 4. The monoisotopic (exact) mass is 313 g/mol. The molecule has 0 amide bonds. The van der Waals surface area contributed by atoms with E-state index in [1.807, 2.05) is 12.3 Å². The van der Waals surface area contributed by atoms with Crippen molar-refractivity contribution in [1.29, 1.82) is 0 Å². The molecule has 4 heterocycles. The highest BCUT2D eigenvalue weighted by Crippen LogP contribution is 2.33. The van der Waals surface area contributed by atoms with Crippen molar-refractivity contribution >= 4 is 11.2 Å². The third-order valence-corrected chi connectivity index (χ3v) is 5.42. The van der Waals surface area contributed by atoms with Gasteiger partial charge in [0, 0.05) is 18.8 Å². The van der Waals surface area contributed by atoms with Gasteiger partial charge in [-0.15, -0.1) is 0 Å². The number of piperidine rings is 1. The highest BCUT2D eigenvalue weighted by Gasteiger charge is 2.30. The first kappa shape index (κ1) is 15.1. The van der Waals surface area contributed by atoms with Gasteiger partial charge in [0.2, 0.25) is 0 Å². The quantitative estimate of drug-likeness (QED) is 0.943. The van der Waals surface area contributed by atoms with Crippen molar-refractivity contribution in [2.75, 3.05) is 19.6 Å². The highest BCUT2D eigenvalue weighted by atomic mass is 15.2. The zero-order chi connectivity index (χ0) is 15.6. The molecule has 2 atom stereocenters. The van der Waals surface area contributed by atoms with Crippen molar-refractivity contribution in [3.05, 3.63) is 24.2 Å². The summed E-state index contributed by atoms with van der Waals surface area (Å²) >= 11 is 0. The van der Waals surface area contributed by atoms with E-state index in [-0.39, 0.29) is 0 Å². The molecule has 0 spiro atoms. The summed E-state index contributed by atoms with van der Waals surface area (Å²) in [5.74, 6) is 1.23. The lowest BCUT2D eigenvalue weighted by molar-refractivity contribution is 0.253. The maximum absolute atomic E-state index is 4.99. The number of nitrogens with one attached hydrogen (secondary N) is 1. The minimum Gasteiger partial charge on any atom is -0.312 e. The molecule has 0 aromatic carbocycles. The van der Waals surface area contributed by atoms with Crippen molar-refractivity contribution in [1.82, 2.24) is 24.8 Å². The second-order valence-electron chi connectivity index (χ2n) is 6.86. The number of hydrogen-bond acceptors (Lipinski definition) is 4. The van der Waals surface area contributed by atoms with E-state index < -0.39 is 0 Å². The van der Waals surface area contributed by atoms with Gasteiger partial charge in [-0.3, -0.25) is 4.90 Å². The molecule has 2 saturated heterocycles. The first-order valence-electron chi connectivity index (χ1n) is 9.15. The van der Waals surface area contributed by atoms with Crippen molar-refractivity contribution in [3.8, 4) is 0 Å². The Morgan fingerprint density at radius 1 is 1.26 bits per heavy atom. The number of pyridine rings is 1. The molecule has 0 radical (unpaired) electrons. The lowest BCUT2D eigenvalue weighted by Gasteiger charge is -2.27. The molecule has 5 heteroatoms. The molecular formula is C18H27N5.